The quantitative estimate of drug-likeness (QED) is 0.0493. The minimum atomic E-state index is -0.765. The lowest BCUT2D eigenvalue weighted by Gasteiger charge is -2.33. The van der Waals surface area contributed by atoms with E-state index in [1.54, 1.807) is 33.7 Å². The van der Waals surface area contributed by atoms with Gasteiger partial charge in [-0.25, -0.2) is 9.07 Å². The van der Waals surface area contributed by atoms with Crippen molar-refractivity contribution >= 4 is 46.3 Å². The molecule has 58 heavy (non-hydrogen) atoms. The molecule has 12 nitrogen and oxygen atoms in total. The van der Waals surface area contributed by atoms with E-state index >= 15 is 0 Å². The molecular weight excluding hydrogens is 765 g/mol. The van der Waals surface area contributed by atoms with E-state index in [9.17, 15) is 28.4 Å². The number of fused-ring (bicyclic) bond motifs is 3. The third kappa shape index (κ3) is 10.7. The van der Waals surface area contributed by atoms with Crippen molar-refractivity contribution in [2.24, 2.45) is 0 Å². The Morgan fingerprint density at radius 3 is 2.09 bits per heavy atom. The number of rotatable bonds is 20. The number of carbonyl (C=O) groups is 4. The molecule has 0 bridgehead atoms. The summed E-state index contributed by atoms with van der Waals surface area (Å²) in [5, 5.41) is 4.15. The molecule has 5 rings (SSSR count). The molecule has 0 fully saturated rings. The van der Waals surface area contributed by atoms with Crippen LogP contribution in [0.15, 0.2) is 47.3 Å². The van der Waals surface area contributed by atoms with Gasteiger partial charge < -0.3 is 23.8 Å². The maximum Gasteiger partial charge on any atom is 0.315 e. The zero-order valence-electron chi connectivity index (χ0n) is 34.3. The molecule has 2 aromatic carbocycles. The highest BCUT2D eigenvalue weighted by Crippen LogP contribution is 2.39. The molecule has 1 aliphatic heterocycles. The van der Waals surface area contributed by atoms with Crippen LogP contribution in [0.2, 0.25) is 5.02 Å². The molecular formula is C44H55ClFN5O7. The minimum absolute atomic E-state index is 0.0432. The smallest absolute Gasteiger partial charge is 0.315 e. The SMILES string of the molecule is CCCCCCCCCCCCCC(=O)Oc1ccc(CC(=O)Oc2c3n(c4c(C(=O)N(C)C)nn(Cc5ccc(F)c(Cl)c5)c(=O)c24)[C@H](C)CN(CC)C3=O)cc1. The van der Waals surface area contributed by atoms with Gasteiger partial charge in [-0.1, -0.05) is 101 Å². The highest BCUT2D eigenvalue weighted by molar-refractivity contribution is 6.30. The third-order valence-corrected chi connectivity index (χ3v) is 10.8. The van der Waals surface area contributed by atoms with Gasteiger partial charge in [0.2, 0.25) is 0 Å². The standard InChI is InChI=1S/C44H55ClFN5O7/c1-6-8-9-10-11-12-13-14-15-16-17-18-35(52)57-32-22-19-30(20-23-32)26-36(53)58-41-37-39(51-29(3)27-49(7-2)44(56)40(41)51)38(43(55)48(4)5)47-50(42(37)54)28-31-21-24-34(46)33(45)25-31/h19-25,29H,6-18,26-28H2,1-5H3/t29-/m1/s1. The van der Waals surface area contributed by atoms with Crippen LogP contribution in [0.1, 0.15) is 136 Å². The van der Waals surface area contributed by atoms with Crippen molar-refractivity contribution in [3.63, 3.8) is 0 Å². The second-order valence-corrected chi connectivity index (χ2v) is 15.7. The second kappa shape index (κ2) is 20.6. The summed E-state index contributed by atoms with van der Waals surface area (Å²) in [5.74, 6) is -2.66. The molecule has 14 heteroatoms. The van der Waals surface area contributed by atoms with Crippen LogP contribution in [-0.2, 0) is 22.6 Å². The number of benzene rings is 2. The average molecular weight is 820 g/mol. The minimum Gasteiger partial charge on any atom is -0.427 e. The fraction of sp³-hybridized carbons (Fsp3) is 0.500. The first kappa shape index (κ1) is 44.1. The van der Waals surface area contributed by atoms with Gasteiger partial charge in [-0.15, -0.1) is 0 Å². The van der Waals surface area contributed by atoms with Gasteiger partial charge in [0.15, 0.2) is 17.1 Å². The summed E-state index contributed by atoms with van der Waals surface area (Å²) in [6.07, 6.45) is 13.2. The van der Waals surface area contributed by atoms with Crippen molar-refractivity contribution in [3.8, 4) is 11.5 Å². The largest absolute Gasteiger partial charge is 0.427 e. The van der Waals surface area contributed by atoms with Crippen molar-refractivity contribution in [2.45, 2.75) is 117 Å². The van der Waals surface area contributed by atoms with Crippen LogP contribution in [-0.4, -0.2) is 75.1 Å². The Morgan fingerprint density at radius 2 is 1.48 bits per heavy atom. The number of nitrogens with zero attached hydrogens (tertiary/aromatic N) is 5. The van der Waals surface area contributed by atoms with Gasteiger partial charge in [0.1, 0.15) is 17.0 Å². The maximum absolute atomic E-state index is 14.4. The second-order valence-electron chi connectivity index (χ2n) is 15.3. The number of halogens is 2. The van der Waals surface area contributed by atoms with Gasteiger partial charge in [-0.2, -0.15) is 5.10 Å². The molecule has 3 heterocycles. The normalized spacial score (nSPS) is 13.8. The Bertz CT molecular complexity index is 2160. The predicted octanol–water partition coefficient (Wildman–Crippen LogP) is 8.53. The summed E-state index contributed by atoms with van der Waals surface area (Å²) in [7, 11) is 3.07. The van der Waals surface area contributed by atoms with Crippen LogP contribution in [0, 0.1) is 5.82 Å². The molecule has 0 radical (unpaired) electrons. The number of likely N-dealkylation sites (N-methyl/N-ethyl adjacent to an activating group) is 1. The van der Waals surface area contributed by atoms with Gasteiger partial charge in [0.05, 0.1) is 23.5 Å². The van der Waals surface area contributed by atoms with Crippen molar-refractivity contribution in [3.05, 3.63) is 86.2 Å². The molecule has 0 saturated heterocycles. The molecule has 4 aromatic rings. The van der Waals surface area contributed by atoms with E-state index in [0.29, 0.717) is 29.8 Å². The van der Waals surface area contributed by atoms with Crippen molar-refractivity contribution < 1.29 is 33.0 Å². The van der Waals surface area contributed by atoms with Crippen molar-refractivity contribution in [2.75, 3.05) is 27.2 Å². The van der Waals surface area contributed by atoms with Crippen LogP contribution < -0.4 is 15.0 Å². The van der Waals surface area contributed by atoms with E-state index in [2.05, 4.69) is 12.0 Å². The maximum atomic E-state index is 14.4. The van der Waals surface area contributed by atoms with Crippen molar-refractivity contribution in [1.29, 1.82) is 0 Å². The van der Waals surface area contributed by atoms with Crippen LogP contribution in [0.3, 0.4) is 0 Å². The van der Waals surface area contributed by atoms with Gasteiger partial charge >= 0.3 is 11.9 Å². The molecule has 2 aromatic heterocycles. The van der Waals surface area contributed by atoms with Crippen molar-refractivity contribution in [1.82, 2.24) is 24.1 Å². The monoisotopic (exact) mass is 819 g/mol. The van der Waals surface area contributed by atoms with E-state index in [0.717, 1.165) is 30.0 Å². The van der Waals surface area contributed by atoms with Crippen LogP contribution in [0.25, 0.3) is 10.9 Å². The highest BCUT2D eigenvalue weighted by atomic mass is 35.5. The van der Waals surface area contributed by atoms with Crippen LogP contribution in [0.5, 0.6) is 11.5 Å². The fourth-order valence-corrected chi connectivity index (χ4v) is 7.57. The Labute approximate surface area is 344 Å². The molecule has 2 amide bonds. The molecule has 0 spiro atoms. The Hall–Kier alpha value is -5.04. The van der Waals surface area contributed by atoms with E-state index in [4.69, 9.17) is 21.1 Å². The first-order valence-corrected chi connectivity index (χ1v) is 20.9. The molecule has 1 aliphatic rings. The Morgan fingerprint density at radius 1 is 0.862 bits per heavy atom. The lowest BCUT2D eigenvalue weighted by atomic mass is 10.1. The summed E-state index contributed by atoms with van der Waals surface area (Å²) in [6, 6.07) is 10.0. The molecule has 0 aliphatic carbocycles. The Balaban J connectivity index is 1.33. The number of aromatic nitrogens is 3. The van der Waals surface area contributed by atoms with Gasteiger partial charge in [-0.05, 0) is 55.7 Å². The molecule has 1 atom stereocenters. The highest BCUT2D eigenvalue weighted by Gasteiger charge is 2.39. The topological polar surface area (TPSA) is 133 Å². The number of carbonyl (C=O) groups excluding carboxylic acids is 4. The summed E-state index contributed by atoms with van der Waals surface area (Å²) in [5.41, 5.74) is 0.144. The molecule has 0 saturated carbocycles. The third-order valence-electron chi connectivity index (χ3n) is 10.5. The summed E-state index contributed by atoms with van der Waals surface area (Å²) < 4.78 is 28.1. The average Bonchev–Trinajstić information content (AvgIpc) is 3.53. The lowest BCUT2D eigenvalue weighted by molar-refractivity contribution is -0.135. The first-order valence-electron chi connectivity index (χ1n) is 20.5. The van der Waals surface area contributed by atoms with E-state index in [-0.39, 0.29) is 58.5 Å². The lowest BCUT2D eigenvalue weighted by Crippen LogP contribution is -2.42. The zero-order valence-corrected chi connectivity index (χ0v) is 35.0. The fourth-order valence-electron chi connectivity index (χ4n) is 7.37. The number of unbranched alkanes of at least 4 members (excludes halogenated alkanes) is 10. The van der Waals surface area contributed by atoms with E-state index in [1.165, 1.54) is 82.5 Å². The van der Waals surface area contributed by atoms with Crippen LogP contribution in [0.4, 0.5) is 4.39 Å². The number of hydrogen-bond acceptors (Lipinski definition) is 8. The molecule has 0 N–H and O–H groups in total. The number of amides is 2. The zero-order chi connectivity index (χ0) is 41.9. The number of ether oxygens (including phenoxy) is 2. The number of hydrogen-bond donors (Lipinski definition) is 0. The summed E-state index contributed by atoms with van der Waals surface area (Å²) in [6.45, 7) is 6.32. The van der Waals surface area contributed by atoms with E-state index < -0.39 is 35.2 Å². The van der Waals surface area contributed by atoms with Gasteiger partial charge in [0.25, 0.3) is 17.4 Å². The predicted molar refractivity (Wildman–Crippen MR) is 221 cm³/mol. The Kier molecular flexibility index (Phi) is 15.6. The first-order chi connectivity index (χ1) is 27.8. The molecule has 0 unspecified atom stereocenters. The van der Waals surface area contributed by atoms with Crippen LogP contribution >= 0.6 is 11.6 Å². The number of esters is 2. The molecule has 312 valence electrons. The summed E-state index contributed by atoms with van der Waals surface area (Å²) in [4.78, 5) is 71.1. The van der Waals surface area contributed by atoms with E-state index in [1.807, 2.05) is 13.8 Å². The summed E-state index contributed by atoms with van der Waals surface area (Å²) >= 11 is 6.03. The van der Waals surface area contributed by atoms with Gasteiger partial charge in [-0.3, -0.25) is 24.0 Å². The van der Waals surface area contributed by atoms with Gasteiger partial charge in [0, 0.05) is 39.6 Å².